The van der Waals surface area contributed by atoms with Gasteiger partial charge < -0.3 is 19.7 Å². The first kappa shape index (κ1) is 21.1. The van der Waals surface area contributed by atoms with E-state index in [2.05, 4.69) is 22.1 Å². The van der Waals surface area contributed by atoms with Gasteiger partial charge in [0.15, 0.2) is 17.5 Å². The lowest BCUT2D eigenvalue weighted by molar-refractivity contribution is 0.212. The molecule has 0 bridgehead atoms. The standard InChI is InChI=1S/C20H31N3O2.HI/c1-15(25-19-11-7-6-10-18(19)24-3)12-22-20(21-2)23-13-16-8-4-5-9-17(16)14-23;/h6-7,10-11,15-17H,4-5,8-9,12-14H2,1-3H3,(H,21,22);1H. The number of methoxy groups -OCH3 is 1. The van der Waals surface area contributed by atoms with E-state index < -0.39 is 0 Å². The number of hydrogen-bond acceptors (Lipinski definition) is 3. The minimum Gasteiger partial charge on any atom is -0.493 e. The average molecular weight is 473 g/mol. The van der Waals surface area contributed by atoms with Crippen molar-refractivity contribution in [1.29, 1.82) is 0 Å². The zero-order chi connectivity index (χ0) is 17.6. The molecule has 26 heavy (non-hydrogen) atoms. The van der Waals surface area contributed by atoms with E-state index >= 15 is 0 Å². The van der Waals surface area contributed by atoms with Crippen LogP contribution in [0.25, 0.3) is 0 Å². The van der Waals surface area contributed by atoms with E-state index in [0.717, 1.165) is 48.9 Å². The fourth-order valence-electron chi connectivity index (χ4n) is 4.12. The van der Waals surface area contributed by atoms with E-state index in [1.54, 1.807) is 7.11 Å². The van der Waals surface area contributed by atoms with Gasteiger partial charge >= 0.3 is 0 Å². The third-order valence-electron chi connectivity index (χ3n) is 5.43. The predicted octanol–water partition coefficient (Wildman–Crippen LogP) is 3.78. The van der Waals surface area contributed by atoms with Gasteiger partial charge in [0.2, 0.25) is 0 Å². The van der Waals surface area contributed by atoms with Gasteiger partial charge in [-0.15, -0.1) is 24.0 Å². The topological polar surface area (TPSA) is 46.1 Å². The van der Waals surface area contributed by atoms with E-state index in [4.69, 9.17) is 9.47 Å². The minimum atomic E-state index is 0. The highest BCUT2D eigenvalue weighted by atomic mass is 127. The lowest BCUT2D eigenvalue weighted by Crippen LogP contribution is -2.43. The summed E-state index contributed by atoms with van der Waals surface area (Å²) in [6, 6.07) is 7.77. The highest BCUT2D eigenvalue weighted by Crippen LogP contribution is 2.36. The summed E-state index contributed by atoms with van der Waals surface area (Å²) in [5, 5.41) is 3.49. The normalized spacial score (nSPS) is 23.7. The Morgan fingerprint density at radius 2 is 1.81 bits per heavy atom. The van der Waals surface area contributed by atoms with Crippen molar-refractivity contribution in [3.63, 3.8) is 0 Å². The number of halogens is 1. The van der Waals surface area contributed by atoms with Gasteiger partial charge in [-0.3, -0.25) is 4.99 Å². The van der Waals surface area contributed by atoms with Gasteiger partial charge in [-0.25, -0.2) is 0 Å². The van der Waals surface area contributed by atoms with Crippen molar-refractivity contribution in [2.24, 2.45) is 16.8 Å². The fourth-order valence-corrected chi connectivity index (χ4v) is 4.12. The van der Waals surface area contributed by atoms with Crippen LogP contribution < -0.4 is 14.8 Å². The van der Waals surface area contributed by atoms with Crippen molar-refractivity contribution in [2.75, 3.05) is 33.8 Å². The smallest absolute Gasteiger partial charge is 0.193 e. The van der Waals surface area contributed by atoms with Crippen LogP contribution in [0.4, 0.5) is 0 Å². The van der Waals surface area contributed by atoms with Crippen LogP contribution in [0.15, 0.2) is 29.3 Å². The molecule has 3 unspecified atom stereocenters. The first-order valence-electron chi connectivity index (χ1n) is 9.46. The number of nitrogens with zero attached hydrogens (tertiary/aromatic N) is 2. The van der Waals surface area contributed by atoms with Gasteiger partial charge in [0.05, 0.1) is 13.7 Å². The Kier molecular flexibility index (Phi) is 8.31. The van der Waals surface area contributed by atoms with Crippen molar-refractivity contribution < 1.29 is 9.47 Å². The van der Waals surface area contributed by atoms with Gasteiger partial charge in [0.25, 0.3) is 0 Å². The van der Waals surface area contributed by atoms with Crippen LogP contribution in [0.5, 0.6) is 11.5 Å². The molecule has 2 fully saturated rings. The van der Waals surface area contributed by atoms with Crippen LogP contribution in [0.2, 0.25) is 0 Å². The Labute approximate surface area is 174 Å². The first-order valence-corrected chi connectivity index (χ1v) is 9.46. The fraction of sp³-hybridized carbons (Fsp3) is 0.650. The number of likely N-dealkylation sites (tertiary alicyclic amines) is 1. The Bertz CT molecular complexity index is 582. The van der Waals surface area contributed by atoms with Gasteiger partial charge in [-0.1, -0.05) is 25.0 Å². The van der Waals surface area contributed by atoms with E-state index in [0.29, 0.717) is 0 Å². The zero-order valence-electron chi connectivity index (χ0n) is 16.1. The molecule has 0 amide bonds. The summed E-state index contributed by atoms with van der Waals surface area (Å²) in [4.78, 5) is 6.92. The van der Waals surface area contributed by atoms with E-state index in [1.165, 1.54) is 25.7 Å². The number of ether oxygens (including phenoxy) is 2. The van der Waals surface area contributed by atoms with Crippen molar-refractivity contribution in [3.05, 3.63) is 24.3 Å². The lowest BCUT2D eigenvalue weighted by atomic mass is 9.82. The van der Waals surface area contributed by atoms with Crippen LogP contribution in [-0.4, -0.2) is 50.8 Å². The van der Waals surface area contributed by atoms with Crippen molar-refractivity contribution in [3.8, 4) is 11.5 Å². The molecule has 2 aliphatic rings. The van der Waals surface area contributed by atoms with Gasteiger partial charge in [-0.05, 0) is 43.7 Å². The summed E-state index contributed by atoms with van der Waals surface area (Å²) in [5.41, 5.74) is 0. The number of guanidine groups is 1. The molecule has 0 spiro atoms. The molecule has 1 aliphatic heterocycles. The average Bonchev–Trinajstić information content (AvgIpc) is 3.06. The van der Waals surface area contributed by atoms with Gasteiger partial charge in [0, 0.05) is 20.1 Å². The maximum Gasteiger partial charge on any atom is 0.193 e. The van der Waals surface area contributed by atoms with Crippen molar-refractivity contribution >= 4 is 29.9 Å². The monoisotopic (exact) mass is 473 g/mol. The zero-order valence-corrected chi connectivity index (χ0v) is 18.4. The second-order valence-corrected chi connectivity index (χ2v) is 7.22. The van der Waals surface area contributed by atoms with Crippen LogP contribution in [0, 0.1) is 11.8 Å². The summed E-state index contributed by atoms with van der Waals surface area (Å²) in [6.07, 6.45) is 5.57. The molecular formula is C20H32IN3O2. The summed E-state index contributed by atoms with van der Waals surface area (Å²) < 4.78 is 11.4. The van der Waals surface area contributed by atoms with Gasteiger partial charge in [-0.2, -0.15) is 0 Å². The van der Waals surface area contributed by atoms with E-state index in [-0.39, 0.29) is 30.1 Å². The van der Waals surface area contributed by atoms with Crippen LogP contribution in [-0.2, 0) is 0 Å². The lowest BCUT2D eigenvalue weighted by Gasteiger charge is -2.24. The number of aliphatic imine (C=N–C) groups is 1. The van der Waals surface area contributed by atoms with Crippen LogP contribution in [0.3, 0.4) is 0 Å². The molecule has 1 aromatic rings. The van der Waals surface area contributed by atoms with Crippen LogP contribution >= 0.6 is 24.0 Å². The largest absolute Gasteiger partial charge is 0.493 e. The second-order valence-electron chi connectivity index (χ2n) is 7.22. The highest BCUT2D eigenvalue weighted by molar-refractivity contribution is 14.0. The summed E-state index contributed by atoms with van der Waals surface area (Å²) >= 11 is 0. The number of benzene rings is 1. The first-order chi connectivity index (χ1) is 12.2. The Morgan fingerprint density at radius 3 is 2.38 bits per heavy atom. The number of nitrogens with one attached hydrogen (secondary N) is 1. The Hall–Kier alpha value is -1.18. The summed E-state index contributed by atoms with van der Waals surface area (Å²) in [5.74, 6) is 4.26. The third-order valence-corrected chi connectivity index (χ3v) is 5.43. The molecule has 1 aliphatic carbocycles. The molecular weight excluding hydrogens is 441 g/mol. The Balaban J connectivity index is 0.00000243. The van der Waals surface area contributed by atoms with Gasteiger partial charge in [0.1, 0.15) is 6.10 Å². The number of rotatable bonds is 5. The number of para-hydroxylation sites is 2. The minimum absolute atomic E-state index is 0. The maximum atomic E-state index is 6.03. The Morgan fingerprint density at radius 1 is 1.19 bits per heavy atom. The SMILES string of the molecule is CN=C(NCC(C)Oc1ccccc1OC)N1CC2CCCCC2C1.I. The summed E-state index contributed by atoms with van der Waals surface area (Å²) in [7, 11) is 3.54. The molecule has 1 saturated heterocycles. The molecule has 5 nitrogen and oxygen atoms in total. The maximum absolute atomic E-state index is 6.03. The quantitative estimate of drug-likeness (QED) is 0.402. The molecule has 1 saturated carbocycles. The molecule has 3 atom stereocenters. The van der Waals surface area contributed by atoms with E-state index in [1.807, 2.05) is 31.3 Å². The number of fused-ring (bicyclic) bond motifs is 1. The molecule has 0 radical (unpaired) electrons. The molecule has 6 heteroatoms. The van der Waals surface area contributed by atoms with Crippen molar-refractivity contribution in [2.45, 2.75) is 38.7 Å². The third kappa shape index (κ3) is 5.18. The summed E-state index contributed by atoms with van der Waals surface area (Å²) in [6.45, 7) is 5.07. The molecule has 1 N–H and O–H groups in total. The predicted molar refractivity (Wildman–Crippen MR) is 117 cm³/mol. The highest BCUT2D eigenvalue weighted by Gasteiger charge is 2.35. The second kappa shape index (κ2) is 10.2. The molecule has 0 aromatic heterocycles. The van der Waals surface area contributed by atoms with Crippen LogP contribution in [0.1, 0.15) is 32.6 Å². The molecule has 1 aromatic carbocycles. The molecule has 1 heterocycles. The molecule has 3 rings (SSSR count). The molecule has 146 valence electrons. The number of hydrogen-bond donors (Lipinski definition) is 1. The van der Waals surface area contributed by atoms with E-state index in [9.17, 15) is 0 Å². The van der Waals surface area contributed by atoms with Crippen molar-refractivity contribution in [1.82, 2.24) is 10.2 Å².